The van der Waals surface area contributed by atoms with Crippen LogP contribution in [0.1, 0.15) is 21.8 Å². The van der Waals surface area contributed by atoms with Crippen LogP contribution in [0.2, 0.25) is 0 Å². The number of rotatable bonds is 1. The molecule has 0 fully saturated rings. The molecule has 2 aromatic heterocycles. The minimum absolute atomic E-state index is 0.971. The molecular weight excluding hydrogens is 242 g/mol. The Bertz CT molecular complexity index is 737. The summed E-state index contributed by atoms with van der Waals surface area (Å²) in [5, 5.41) is 5.52. The molecule has 4 heteroatoms. The Labute approximate surface area is 110 Å². The smallest absolute Gasteiger partial charge is 0.212 e. The van der Waals surface area contributed by atoms with Crippen LogP contribution in [0, 0.1) is 27.7 Å². The fraction of sp³-hybridized carbons (Fsp3) is 0.286. The zero-order valence-electron chi connectivity index (χ0n) is 11.0. The maximum Gasteiger partial charge on any atom is 0.212 e. The first-order valence-corrected chi connectivity index (χ1v) is 6.78. The van der Waals surface area contributed by atoms with Crippen molar-refractivity contribution in [1.82, 2.24) is 14.6 Å². The van der Waals surface area contributed by atoms with Gasteiger partial charge in [-0.3, -0.25) is 0 Å². The zero-order chi connectivity index (χ0) is 12.9. The van der Waals surface area contributed by atoms with Crippen molar-refractivity contribution in [2.75, 3.05) is 0 Å². The molecule has 18 heavy (non-hydrogen) atoms. The number of aryl methyl sites for hydroxylation is 4. The van der Waals surface area contributed by atoms with Gasteiger partial charge >= 0.3 is 0 Å². The molecule has 0 aliphatic rings. The molecule has 3 nitrogen and oxygen atoms in total. The summed E-state index contributed by atoms with van der Waals surface area (Å²) in [6.07, 6.45) is 0. The van der Waals surface area contributed by atoms with E-state index in [2.05, 4.69) is 44.1 Å². The summed E-state index contributed by atoms with van der Waals surface area (Å²) in [4.78, 5) is 5.66. The third-order valence-corrected chi connectivity index (χ3v) is 4.13. The van der Waals surface area contributed by atoms with Gasteiger partial charge in [0.05, 0.1) is 11.4 Å². The Morgan fingerprint density at radius 3 is 2.50 bits per heavy atom. The van der Waals surface area contributed by atoms with Crippen LogP contribution in [0.5, 0.6) is 0 Å². The van der Waals surface area contributed by atoms with Crippen molar-refractivity contribution in [3.8, 4) is 11.3 Å². The van der Waals surface area contributed by atoms with Crippen molar-refractivity contribution < 1.29 is 0 Å². The van der Waals surface area contributed by atoms with Crippen molar-refractivity contribution >= 4 is 16.3 Å². The van der Waals surface area contributed by atoms with Gasteiger partial charge in [0.2, 0.25) is 4.96 Å². The topological polar surface area (TPSA) is 30.2 Å². The average Bonchev–Trinajstić information content (AvgIpc) is 2.82. The molecule has 0 N–H and O–H groups in total. The number of nitrogens with zero attached hydrogens (tertiary/aromatic N) is 3. The molecule has 0 saturated heterocycles. The van der Waals surface area contributed by atoms with Crippen molar-refractivity contribution in [3.05, 3.63) is 40.0 Å². The lowest BCUT2D eigenvalue weighted by Gasteiger charge is -2.03. The number of hydrogen-bond donors (Lipinski definition) is 0. The lowest BCUT2D eigenvalue weighted by Crippen LogP contribution is -1.90. The van der Waals surface area contributed by atoms with E-state index in [-0.39, 0.29) is 0 Å². The van der Waals surface area contributed by atoms with Crippen LogP contribution < -0.4 is 0 Å². The zero-order valence-corrected chi connectivity index (χ0v) is 11.8. The molecule has 1 aromatic carbocycles. The Morgan fingerprint density at radius 2 is 1.83 bits per heavy atom. The van der Waals surface area contributed by atoms with Crippen LogP contribution in [0.25, 0.3) is 16.2 Å². The second-order valence-corrected chi connectivity index (χ2v) is 5.82. The Kier molecular flexibility index (Phi) is 2.48. The fourth-order valence-electron chi connectivity index (χ4n) is 2.11. The highest BCUT2D eigenvalue weighted by Gasteiger charge is 2.13. The highest BCUT2D eigenvalue weighted by atomic mass is 32.1. The van der Waals surface area contributed by atoms with Crippen molar-refractivity contribution in [3.63, 3.8) is 0 Å². The molecular formula is C14H15N3S. The van der Waals surface area contributed by atoms with E-state index in [1.807, 2.05) is 11.4 Å². The highest BCUT2D eigenvalue weighted by Crippen LogP contribution is 2.27. The summed E-state index contributed by atoms with van der Waals surface area (Å²) in [6, 6.07) is 6.48. The summed E-state index contributed by atoms with van der Waals surface area (Å²) in [7, 11) is 0. The molecule has 0 unspecified atom stereocenters. The SMILES string of the molecule is Cc1nn2c(C)c(-c3ccc(C)c(C)c3)nc2s1. The van der Waals surface area contributed by atoms with Gasteiger partial charge in [0.1, 0.15) is 5.01 Å². The lowest BCUT2D eigenvalue weighted by molar-refractivity contribution is 0.909. The first-order chi connectivity index (χ1) is 8.56. The molecule has 0 aliphatic carbocycles. The first kappa shape index (κ1) is 11.4. The molecule has 92 valence electrons. The molecule has 3 rings (SSSR count). The second-order valence-electron chi connectivity index (χ2n) is 4.66. The molecule has 0 aliphatic heterocycles. The first-order valence-electron chi connectivity index (χ1n) is 5.96. The molecule has 0 bridgehead atoms. The van der Waals surface area contributed by atoms with Gasteiger partial charge in [-0.1, -0.05) is 23.5 Å². The van der Waals surface area contributed by atoms with Gasteiger partial charge < -0.3 is 0 Å². The normalized spacial score (nSPS) is 11.3. The van der Waals surface area contributed by atoms with Crippen LogP contribution in [-0.4, -0.2) is 14.6 Å². The van der Waals surface area contributed by atoms with E-state index in [0.29, 0.717) is 0 Å². The van der Waals surface area contributed by atoms with Crippen molar-refractivity contribution in [2.45, 2.75) is 27.7 Å². The van der Waals surface area contributed by atoms with Crippen molar-refractivity contribution in [1.29, 1.82) is 0 Å². The van der Waals surface area contributed by atoms with Gasteiger partial charge in [-0.25, -0.2) is 9.50 Å². The van der Waals surface area contributed by atoms with Gasteiger partial charge in [-0.15, -0.1) is 0 Å². The van der Waals surface area contributed by atoms with Gasteiger partial charge in [0, 0.05) is 5.56 Å². The van der Waals surface area contributed by atoms with Gasteiger partial charge in [-0.05, 0) is 44.9 Å². The molecule has 0 radical (unpaired) electrons. The summed E-state index contributed by atoms with van der Waals surface area (Å²) in [5.41, 5.74) is 5.93. The largest absolute Gasteiger partial charge is 0.217 e. The molecule has 0 amide bonds. The number of aromatic nitrogens is 3. The average molecular weight is 257 g/mol. The van der Waals surface area contributed by atoms with Gasteiger partial charge in [-0.2, -0.15) is 5.10 Å². The maximum absolute atomic E-state index is 4.69. The van der Waals surface area contributed by atoms with Crippen LogP contribution >= 0.6 is 11.3 Å². The van der Waals surface area contributed by atoms with Crippen molar-refractivity contribution in [2.24, 2.45) is 0 Å². The highest BCUT2D eigenvalue weighted by molar-refractivity contribution is 7.16. The van der Waals surface area contributed by atoms with Gasteiger partial charge in [0.15, 0.2) is 0 Å². The second kappa shape index (κ2) is 3.92. The van der Waals surface area contributed by atoms with E-state index in [1.165, 1.54) is 16.7 Å². The predicted octanol–water partition coefficient (Wildman–Crippen LogP) is 3.69. The molecule has 0 saturated carbocycles. The number of benzene rings is 1. The van der Waals surface area contributed by atoms with Gasteiger partial charge in [0.25, 0.3) is 0 Å². The predicted molar refractivity (Wildman–Crippen MR) is 75.2 cm³/mol. The molecule has 0 spiro atoms. The third-order valence-electron chi connectivity index (χ3n) is 3.31. The van der Waals surface area contributed by atoms with E-state index < -0.39 is 0 Å². The third kappa shape index (κ3) is 1.64. The summed E-state index contributed by atoms with van der Waals surface area (Å²) >= 11 is 1.63. The monoisotopic (exact) mass is 257 g/mol. The standard InChI is InChI=1S/C14H15N3S/c1-8-5-6-12(7-9(8)2)13-10(3)17-14(15-13)18-11(4)16-17/h5-7H,1-4H3. The van der Waals surface area contributed by atoms with E-state index >= 15 is 0 Å². The molecule has 0 atom stereocenters. The quantitative estimate of drug-likeness (QED) is 0.665. The van der Waals surface area contributed by atoms with E-state index in [9.17, 15) is 0 Å². The summed E-state index contributed by atoms with van der Waals surface area (Å²) < 4.78 is 1.94. The lowest BCUT2D eigenvalue weighted by atomic mass is 10.0. The molecule has 2 heterocycles. The van der Waals surface area contributed by atoms with E-state index in [1.54, 1.807) is 11.3 Å². The minimum atomic E-state index is 0.971. The van der Waals surface area contributed by atoms with E-state index in [0.717, 1.165) is 21.4 Å². The Morgan fingerprint density at radius 1 is 1.06 bits per heavy atom. The Hall–Kier alpha value is -1.68. The number of imidazole rings is 1. The van der Waals surface area contributed by atoms with E-state index in [4.69, 9.17) is 4.98 Å². The number of hydrogen-bond acceptors (Lipinski definition) is 3. The maximum atomic E-state index is 4.69. The van der Waals surface area contributed by atoms with Crippen LogP contribution in [0.15, 0.2) is 18.2 Å². The minimum Gasteiger partial charge on any atom is -0.217 e. The summed E-state index contributed by atoms with van der Waals surface area (Å²) in [5.74, 6) is 0. The van der Waals surface area contributed by atoms with Crippen LogP contribution in [0.4, 0.5) is 0 Å². The summed E-state index contributed by atoms with van der Waals surface area (Å²) in [6.45, 7) is 8.34. The fourth-order valence-corrected chi connectivity index (χ4v) is 2.89. The molecule has 3 aromatic rings. The van der Waals surface area contributed by atoms with Crippen LogP contribution in [-0.2, 0) is 0 Å². The van der Waals surface area contributed by atoms with Crippen LogP contribution in [0.3, 0.4) is 0 Å². The number of fused-ring (bicyclic) bond motifs is 1. The Balaban J connectivity index is 2.21.